The van der Waals surface area contributed by atoms with Gasteiger partial charge in [0.25, 0.3) is 0 Å². The van der Waals surface area contributed by atoms with Gasteiger partial charge in [0.05, 0.1) is 12.1 Å². The van der Waals surface area contributed by atoms with Gasteiger partial charge in [-0.3, -0.25) is 0 Å². The van der Waals surface area contributed by atoms with E-state index in [0.717, 1.165) is 0 Å². The van der Waals surface area contributed by atoms with Gasteiger partial charge in [-0.25, -0.2) is 9.48 Å². The maximum Gasteiger partial charge on any atom is 0.358 e. The molecule has 0 aliphatic heterocycles. The third-order valence-corrected chi connectivity index (χ3v) is 3.35. The van der Waals surface area contributed by atoms with Gasteiger partial charge in [-0.05, 0) is 26.0 Å². The molecule has 0 bridgehead atoms. The number of aromatic nitrogens is 3. The second-order valence-electron chi connectivity index (χ2n) is 4.52. The van der Waals surface area contributed by atoms with E-state index in [-0.39, 0.29) is 5.69 Å². The number of aliphatic hydroxyl groups is 1. The highest BCUT2D eigenvalue weighted by atomic mass is 35.5. The largest absolute Gasteiger partial charge is 0.476 e. The fourth-order valence-electron chi connectivity index (χ4n) is 1.80. The zero-order valence-corrected chi connectivity index (χ0v) is 11.7. The number of carboxylic acids is 1. The van der Waals surface area contributed by atoms with Crippen molar-refractivity contribution in [2.45, 2.75) is 26.0 Å². The fourth-order valence-corrected chi connectivity index (χ4v) is 1.93. The average molecular weight is 296 g/mol. The van der Waals surface area contributed by atoms with Crippen LogP contribution in [0.4, 0.5) is 0 Å². The third kappa shape index (κ3) is 2.66. The predicted octanol–water partition coefficient (Wildman–Crippen LogP) is 2.24. The number of hydrogen-bond acceptors (Lipinski definition) is 4. The van der Waals surface area contributed by atoms with Crippen LogP contribution >= 0.6 is 11.6 Å². The Morgan fingerprint density at radius 1 is 1.30 bits per heavy atom. The normalized spacial score (nSPS) is 14.0. The standard InChI is InChI=1S/C13H14ClN3O3/c1-7(8(2)18)17-12(11(13(19)20)15-16-17)9-3-5-10(14)6-4-9/h3-8,18H,1-2H3,(H,19,20). The van der Waals surface area contributed by atoms with E-state index in [0.29, 0.717) is 16.3 Å². The zero-order chi connectivity index (χ0) is 14.9. The smallest absolute Gasteiger partial charge is 0.358 e. The Hall–Kier alpha value is -1.92. The van der Waals surface area contributed by atoms with Gasteiger partial charge in [-0.2, -0.15) is 0 Å². The second kappa shape index (κ2) is 5.60. The number of carboxylic acid groups (broad SMARTS) is 1. The summed E-state index contributed by atoms with van der Waals surface area (Å²) >= 11 is 5.83. The van der Waals surface area contributed by atoms with Gasteiger partial charge < -0.3 is 10.2 Å². The lowest BCUT2D eigenvalue weighted by Gasteiger charge is -2.17. The molecule has 6 nitrogen and oxygen atoms in total. The minimum Gasteiger partial charge on any atom is -0.476 e. The fraction of sp³-hybridized carbons (Fsp3) is 0.308. The summed E-state index contributed by atoms with van der Waals surface area (Å²) in [6.45, 7) is 3.35. The molecule has 2 aromatic rings. The summed E-state index contributed by atoms with van der Waals surface area (Å²) in [5, 5.41) is 27.0. The summed E-state index contributed by atoms with van der Waals surface area (Å²) in [4.78, 5) is 11.3. The monoisotopic (exact) mass is 295 g/mol. The van der Waals surface area contributed by atoms with Gasteiger partial charge >= 0.3 is 5.97 Å². The van der Waals surface area contributed by atoms with Crippen LogP contribution in [0.5, 0.6) is 0 Å². The predicted molar refractivity (Wildman–Crippen MR) is 73.8 cm³/mol. The topological polar surface area (TPSA) is 88.2 Å². The summed E-state index contributed by atoms with van der Waals surface area (Å²) in [5.74, 6) is -1.17. The van der Waals surface area contributed by atoms with Gasteiger partial charge in [0, 0.05) is 10.6 Å². The highest BCUT2D eigenvalue weighted by Gasteiger charge is 2.24. The molecule has 2 N–H and O–H groups in total. The maximum atomic E-state index is 11.3. The van der Waals surface area contributed by atoms with E-state index in [2.05, 4.69) is 10.3 Å². The van der Waals surface area contributed by atoms with Gasteiger partial charge in [0.1, 0.15) is 5.69 Å². The molecule has 1 aromatic heterocycles. The van der Waals surface area contributed by atoms with E-state index in [1.165, 1.54) is 4.68 Å². The van der Waals surface area contributed by atoms with Crippen molar-refractivity contribution in [1.29, 1.82) is 0 Å². The van der Waals surface area contributed by atoms with Crippen LogP contribution in [0.1, 0.15) is 30.4 Å². The Kier molecular flexibility index (Phi) is 4.06. The zero-order valence-electron chi connectivity index (χ0n) is 11.0. The molecule has 1 heterocycles. The van der Waals surface area contributed by atoms with E-state index >= 15 is 0 Å². The molecular formula is C13H14ClN3O3. The van der Waals surface area contributed by atoms with Crippen LogP contribution in [0.15, 0.2) is 24.3 Å². The molecule has 0 fully saturated rings. The van der Waals surface area contributed by atoms with Crippen molar-refractivity contribution in [3.8, 4) is 11.3 Å². The number of aliphatic hydroxyl groups excluding tert-OH is 1. The summed E-state index contributed by atoms with van der Waals surface area (Å²) in [6.07, 6.45) is -0.690. The van der Waals surface area contributed by atoms with Gasteiger partial charge in [0.15, 0.2) is 5.69 Å². The molecule has 0 aliphatic rings. The number of rotatable bonds is 4. The van der Waals surface area contributed by atoms with E-state index in [1.54, 1.807) is 38.1 Å². The molecule has 0 saturated heterocycles. The lowest BCUT2D eigenvalue weighted by Crippen LogP contribution is -2.20. The molecule has 2 rings (SSSR count). The molecule has 0 radical (unpaired) electrons. The van der Waals surface area contributed by atoms with Crippen molar-refractivity contribution >= 4 is 17.6 Å². The number of aromatic carboxylic acids is 1. The molecule has 0 amide bonds. The van der Waals surface area contributed by atoms with E-state index < -0.39 is 18.1 Å². The van der Waals surface area contributed by atoms with Crippen LogP contribution < -0.4 is 0 Å². The first-order chi connectivity index (χ1) is 9.41. The Morgan fingerprint density at radius 3 is 2.40 bits per heavy atom. The van der Waals surface area contributed by atoms with Gasteiger partial charge in [-0.1, -0.05) is 28.9 Å². The molecule has 1 aromatic carbocycles. The summed E-state index contributed by atoms with van der Waals surface area (Å²) in [6, 6.07) is 6.30. The van der Waals surface area contributed by atoms with Crippen molar-refractivity contribution in [1.82, 2.24) is 15.0 Å². The van der Waals surface area contributed by atoms with Crippen LogP contribution in [0.25, 0.3) is 11.3 Å². The Morgan fingerprint density at radius 2 is 1.90 bits per heavy atom. The van der Waals surface area contributed by atoms with Gasteiger partial charge in [-0.15, -0.1) is 5.10 Å². The van der Waals surface area contributed by atoms with Crippen molar-refractivity contribution in [3.63, 3.8) is 0 Å². The Balaban J connectivity index is 2.61. The van der Waals surface area contributed by atoms with Crippen molar-refractivity contribution in [3.05, 3.63) is 35.0 Å². The summed E-state index contributed by atoms with van der Waals surface area (Å²) in [5.41, 5.74) is 0.826. The van der Waals surface area contributed by atoms with E-state index in [9.17, 15) is 15.0 Å². The average Bonchev–Trinajstić information content (AvgIpc) is 2.83. The van der Waals surface area contributed by atoms with Crippen LogP contribution in [-0.2, 0) is 0 Å². The SMILES string of the molecule is CC(O)C(C)n1nnc(C(=O)O)c1-c1ccc(Cl)cc1. The first-order valence-corrected chi connectivity index (χ1v) is 6.42. The Labute approximate surface area is 120 Å². The maximum absolute atomic E-state index is 11.3. The minimum absolute atomic E-state index is 0.153. The first kappa shape index (κ1) is 14.5. The highest BCUT2D eigenvalue weighted by Crippen LogP contribution is 2.27. The van der Waals surface area contributed by atoms with Gasteiger partial charge in [0.2, 0.25) is 0 Å². The third-order valence-electron chi connectivity index (χ3n) is 3.10. The second-order valence-corrected chi connectivity index (χ2v) is 4.96. The molecule has 20 heavy (non-hydrogen) atoms. The molecule has 2 atom stereocenters. The lowest BCUT2D eigenvalue weighted by atomic mass is 10.1. The molecule has 0 spiro atoms. The van der Waals surface area contributed by atoms with Crippen LogP contribution in [0, 0.1) is 0 Å². The first-order valence-electron chi connectivity index (χ1n) is 6.04. The molecule has 7 heteroatoms. The summed E-state index contributed by atoms with van der Waals surface area (Å²) in [7, 11) is 0. The minimum atomic E-state index is -1.17. The number of benzene rings is 1. The number of hydrogen-bond donors (Lipinski definition) is 2. The van der Waals surface area contributed by atoms with E-state index in [4.69, 9.17) is 11.6 Å². The Bertz CT molecular complexity index is 622. The lowest BCUT2D eigenvalue weighted by molar-refractivity contribution is 0.0691. The number of carbonyl (C=O) groups is 1. The highest BCUT2D eigenvalue weighted by molar-refractivity contribution is 6.30. The van der Waals surface area contributed by atoms with Crippen LogP contribution in [0.3, 0.4) is 0 Å². The number of nitrogens with zero attached hydrogens (tertiary/aromatic N) is 3. The van der Waals surface area contributed by atoms with Crippen molar-refractivity contribution < 1.29 is 15.0 Å². The van der Waals surface area contributed by atoms with Crippen LogP contribution in [-0.4, -0.2) is 37.3 Å². The van der Waals surface area contributed by atoms with E-state index in [1.807, 2.05) is 0 Å². The molecule has 0 saturated carbocycles. The number of halogens is 1. The summed E-state index contributed by atoms with van der Waals surface area (Å²) < 4.78 is 1.41. The van der Waals surface area contributed by atoms with Crippen molar-refractivity contribution in [2.24, 2.45) is 0 Å². The quantitative estimate of drug-likeness (QED) is 0.903. The van der Waals surface area contributed by atoms with Crippen LogP contribution in [0.2, 0.25) is 5.02 Å². The molecular weight excluding hydrogens is 282 g/mol. The molecule has 0 aliphatic carbocycles. The van der Waals surface area contributed by atoms with Crippen molar-refractivity contribution in [2.75, 3.05) is 0 Å². The molecule has 106 valence electrons. The molecule has 2 unspecified atom stereocenters.